The van der Waals surface area contributed by atoms with E-state index in [4.69, 9.17) is 18.9 Å². The molecule has 0 bridgehead atoms. The quantitative estimate of drug-likeness (QED) is 0.0210. The second kappa shape index (κ2) is 45.3. The van der Waals surface area contributed by atoms with Crippen LogP contribution < -0.4 is 31.9 Å². The SMILES string of the molecule is CC(C)c1nc(CN(C)C(=O)N[C@@H](CCN2CCOCC2)C(=O)N[C@H](CC[C@H](Cc2ccccc2)NC(=O)OCc2cncs2)Cc2ccccc2)cs1.CC(C)c1nc(CN(C)C(=O)N[C@@H](CCN2CCOCC2)C(=O)N[C@H](CC[C@H](Cc2ccccc2)NC(=O)OCc2cncs2)Cc2ccccc2)cs1. The van der Waals surface area contributed by atoms with E-state index < -0.39 is 24.3 Å². The summed E-state index contributed by atoms with van der Waals surface area (Å²) in [4.78, 5) is 108. The van der Waals surface area contributed by atoms with Gasteiger partial charge >= 0.3 is 24.2 Å². The van der Waals surface area contributed by atoms with Gasteiger partial charge in [-0.25, -0.2) is 29.1 Å². The number of rotatable bonds is 38. The Morgan fingerprint density at radius 1 is 0.444 bits per heavy atom. The number of amides is 8. The molecule has 4 aromatic carbocycles. The fraction of sp³-hybridized carbons (Fsp3) is 0.475. The Morgan fingerprint density at radius 3 is 1.06 bits per heavy atom. The number of urea groups is 2. The number of carbonyl (C=O) groups is 6. The molecule has 10 rings (SSSR count). The van der Waals surface area contributed by atoms with Crippen LogP contribution in [0.4, 0.5) is 19.2 Å². The predicted octanol–water partition coefficient (Wildman–Crippen LogP) is 12.0. The number of alkyl carbamates (subject to hydrolysis) is 2. The molecular formula is C80H106N14O10S4. The summed E-state index contributed by atoms with van der Waals surface area (Å²) in [5.41, 5.74) is 9.39. The number of nitrogens with one attached hydrogen (secondary N) is 6. The third-order valence-corrected chi connectivity index (χ3v) is 22.4. The molecule has 8 aromatic rings. The maximum absolute atomic E-state index is 14.2. The van der Waals surface area contributed by atoms with Gasteiger partial charge in [0.25, 0.3) is 0 Å². The van der Waals surface area contributed by atoms with Gasteiger partial charge in [0.15, 0.2) is 0 Å². The van der Waals surface area contributed by atoms with Gasteiger partial charge in [-0.05, 0) is 86.5 Å². The van der Waals surface area contributed by atoms with E-state index in [9.17, 15) is 28.8 Å². The van der Waals surface area contributed by atoms with Crippen molar-refractivity contribution in [3.05, 3.63) is 209 Å². The highest BCUT2D eigenvalue weighted by molar-refractivity contribution is 7.10. The molecule has 24 nitrogen and oxygen atoms in total. The van der Waals surface area contributed by atoms with Crippen LogP contribution in [-0.4, -0.2) is 192 Å². The molecule has 4 aromatic heterocycles. The monoisotopic (exact) mass is 1550 g/mol. The molecule has 2 aliphatic heterocycles. The molecule has 8 amide bonds. The number of aromatic nitrogens is 4. The highest BCUT2D eigenvalue weighted by Gasteiger charge is 2.30. The minimum Gasteiger partial charge on any atom is -0.444 e. The highest BCUT2D eigenvalue weighted by atomic mass is 32.1. The summed E-state index contributed by atoms with van der Waals surface area (Å²) in [6, 6.07) is 36.9. The molecule has 0 aliphatic carbocycles. The van der Waals surface area contributed by atoms with Crippen LogP contribution in [0.2, 0.25) is 0 Å². The van der Waals surface area contributed by atoms with Crippen molar-refractivity contribution in [2.45, 2.75) is 166 Å². The van der Waals surface area contributed by atoms with Crippen LogP contribution in [0.3, 0.4) is 0 Å². The average Bonchev–Trinajstić information content (AvgIpc) is 1.53. The van der Waals surface area contributed by atoms with Crippen molar-refractivity contribution in [1.29, 1.82) is 0 Å². The van der Waals surface area contributed by atoms with E-state index in [1.165, 1.54) is 22.7 Å². The molecule has 2 saturated heterocycles. The molecule has 580 valence electrons. The van der Waals surface area contributed by atoms with Gasteiger partial charge < -0.3 is 60.6 Å². The van der Waals surface area contributed by atoms with Crippen LogP contribution in [0.15, 0.2) is 156 Å². The molecule has 2 fully saturated rings. The molecule has 6 atom stereocenters. The Labute approximate surface area is 651 Å². The Morgan fingerprint density at radius 2 is 0.769 bits per heavy atom. The van der Waals surface area contributed by atoms with Crippen LogP contribution in [0.25, 0.3) is 0 Å². The second-order valence-corrected chi connectivity index (χ2v) is 31.7. The minimum absolute atomic E-state index is 0.150. The van der Waals surface area contributed by atoms with E-state index in [0.717, 1.165) is 79.6 Å². The fourth-order valence-electron chi connectivity index (χ4n) is 12.5. The van der Waals surface area contributed by atoms with Crippen molar-refractivity contribution < 1.29 is 47.7 Å². The van der Waals surface area contributed by atoms with Crippen LogP contribution in [-0.2, 0) is 80.5 Å². The number of benzene rings is 4. The van der Waals surface area contributed by atoms with Crippen LogP contribution >= 0.6 is 45.3 Å². The first-order chi connectivity index (χ1) is 52.4. The first-order valence-electron chi connectivity index (χ1n) is 37.3. The molecule has 6 N–H and O–H groups in total. The molecule has 0 spiro atoms. The van der Waals surface area contributed by atoms with E-state index in [1.54, 1.807) is 70.0 Å². The zero-order valence-electron chi connectivity index (χ0n) is 62.9. The average molecular weight is 1550 g/mol. The van der Waals surface area contributed by atoms with Crippen molar-refractivity contribution in [2.24, 2.45) is 0 Å². The second-order valence-electron chi connectivity index (χ2n) is 28.0. The number of hydrogen-bond acceptors (Lipinski definition) is 20. The van der Waals surface area contributed by atoms with E-state index in [-0.39, 0.29) is 61.3 Å². The Bertz CT molecular complexity index is 3650. The van der Waals surface area contributed by atoms with E-state index in [1.807, 2.05) is 132 Å². The minimum atomic E-state index is -0.761. The van der Waals surface area contributed by atoms with Gasteiger partial charge in [0, 0.05) is 113 Å². The number of hydrogen-bond donors (Lipinski definition) is 6. The summed E-state index contributed by atoms with van der Waals surface area (Å²) in [7, 11) is 3.45. The van der Waals surface area contributed by atoms with Gasteiger partial charge in [0.05, 0.1) is 81.7 Å². The molecule has 28 heteroatoms. The van der Waals surface area contributed by atoms with Gasteiger partial charge in [-0.15, -0.1) is 45.3 Å². The maximum Gasteiger partial charge on any atom is 0.407 e. The predicted molar refractivity (Wildman–Crippen MR) is 425 cm³/mol. The number of carbonyl (C=O) groups excluding carboxylic acids is 6. The van der Waals surface area contributed by atoms with Gasteiger partial charge in [0.2, 0.25) is 11.8 Å². The summed E-state index contributed by atoms with van der Waals surface area (Å²) in [6.45, 7) is 16.4. The first kappa shape index (κ1) is 83.3. The molecule has 2 aliphatic rings. The Hall–Kier alpha value is -8.74. The summed E-state index contributed by atoms with van der Waals surface area (Å²) < 4.78 is 22.1. The number of morpholine rings is 2. The van der Waals surface area contributed by atoms with Gasteiger partial charge in [-0.2, -0.15) is 0 Å². The lowest BCUT2D eigenvalue weighted by molar-refractivity contribution is -0.124. The van der Waals surface area contributed by atoms with Gasteiger partial charge in [-0.3, -0.25) is 29.4 Å². The summed E-state index contributed by atoms with van der Waals surface area (Å²) in [5.74, 6) is 0.149. The highest BCUT2D eigenvalue weighted by Crippen LogP contribution is 2.23. The largest absolute Gasteiger partial charge is 0.444 e. The van der Waals surface area contributed by atoms with Crippen molar-refractivity contribution in [3.63, 3.8) is 0 Å². The van der Waals surface area contributed by atoms with Gasteiger partial charge in [0.1, 0.15) is 25.3 Å². The summed E-state index contributed by atoms with van der Waals surface area (Å²) >= 11 is 6.05. The Balaban J connectivity index is 0.000000249. The Kier molecular flexibility index (Phi) is 34.9. The lowest BCUT2D eigenvalue weighted by Crippen LogP contribution is -2.54. The number of thiazole rings is 4. The third-order valence-electron chi connectivity index (χ3n) is 18.5. The summed E-state index contributed by atoms with van der Waals surface area (Å²) in [5, 5.41) is 24.9. The zero-order valence-corrected chi connectivity index (χ0v) is 66.2. The zero-order chi connectivity index (χ0) is 76.2. The fourth-order valence-corrected chi connectivity index (χ4v) is 15.2. The molecule has 0 saturated carbocycles. The van der Waals surface area contributed by atoms with Crippen LogP contribution in [0, 0.1) is 0 Å². The first-order valence-corrected chi connectivity index (χ1v) is 40.8. The van der Waals surface area contributed by atoms with Crippen LogP contribution in [0.5, 0.6) is 0 Å². The van der Waals surface area contributed by atoms with E-state index in [2.05, 4.69) is 89.3 Å². The molecule has 0 unspecified atom stereocenters. The smallest absolute Gasteiger partial charge is 0.407 e. The van der Waals surface area contributed by atoms with E-state index in [0.29, 0.717) is 129 Å². The van der Waals surface area contributed by atoms with Crippen molar-refractivity contribution in [1.82, 2.24) is 71.4 Å². The topological polar surface area (TPSA) is 276 Å². The number of nitrogens with zero attached hydrogens (tertiary/aromatic N) is 8. The summed E-state index contributed by atoms with van der Waals surface area (Å²) in [6.07, 6.45) is 7.99. The van der Waals surface area contributed by atoms with Crippen LogP contribution in [0.1, 0.15) is 131 Å². The lowest BCUT2D eigenvalue weighted by atomic mass is 9.95. The van der Waals surface area contributed by atoms with E-state index >= 15 is 0 Å². The standard InChI is InChI=1S/2C40H53N7O5S2/c2*1-29(2)38-43-34(27-53-38)25-46(3)39(49)45-36(16-17-47-18-20-51-21-19-47)37(48)42-32(22-30-10-6-4-7-11-30)14-15-33(23-31-12-8-5-9-13-31)44-40(50)52-26-35-24-41-28-54-35/h2*4-13,24,27-29,32-33,36H,14-23,25-26H2,1-3H3,(H,42,48)(H,44,50)(H,45,49)/t2*32-,33-,36+/m11/s1. The van der Waals surface area contributed by atoms with Crippen molar-refractivity contribution >= 4 is 81.4 Å². The van der Waals surface area contributed by atoms with Crippen molar-refractivity contribution in [2.75, 3.05) is 79.8 Å². The number of ether oxygens (including phenoxy) is 4. The lowest BCUT2D eigenvalue weighted by Gasteiger charge is -2.30. The third kappa shape index (κ3) is 30.0. The normalized spacial score (nSPS) is 14.9. The molecule has 6 heterocycles. The van der Waals surface area contributed by atoms with Crippen molar-refractivity contribution in [3.8, 4) is 0 Å². The molecule has 0 radical (unpaired) electrons. The van der Waals surface area contributed by atoms with Gasteiger partial charge in [-0.1, -0.05) is 149 Å². The molecule has 108 heavy (non-hydrogen) atoms. The molecular weight excluding hydrogens is 1450 g/mol. The maximum atomic E-state index is 14.2.